The third-order valence-corrected chi connectivity index (χ3v) is 3.51. The number of nitriles is 1. The molecule has 1 heterocycles. The van der Waals surface area contributed by atoms with E-state index in [0.29, 0.717) is 24.1 Å². The van der Waals surface area contributed by atoms with E-state index in [-0.39, 0.29) is 5.82 Å². The van der Waals surface area contributed by atoms with Crippen LogP contribution in [0.4, 0.5) is 9.39 Å². The molecule has 18 heavy (non-hydrogen) atoms. The van der Waals surface area contributed by atoms with Gasteiger partial charge >= 0.3 is 0 Å². The first-order chi connectivity index (χ1) is 8.72. The quantitative estimate of drug-likeness (QED) is 0.920. The summed E-state index contributed by atoms with van der Waals surface area (Å²) in [5, 5.41) is 12.8. The summed E-state index contributed by atoms with van der Waals surface area (Å²) in [4.78, 5) is 0. The third-order valence-electron chi connectivity index (χ3n) is 2.61. The first-order valence-corrected chi connectivity index (χ1v) is 6.33. The van der Waals surface area contributed by atoms with Crippen molar-refractivity contribution >= 4 is 16.5 Å². The number of rotatable bonds is 4. The predicted octanol–water partition coefficient (Wildman–Crippen LogP) is 3.12. The number of hydrogen-bond acceptors (Lipinski definition) is 4. The Morgan fingerprint density at radius 2 is 2.22 bits per heavy atom. The molecule has 0 fully saturated rings. The Labute approximate surface area is 109 Å². The van der Waals surface area contributed by atoms with Crippen molar-refractivity contribution in [1.29, 1.82) is 5.26 Å². The average Bonchev–Trinajstić information content (AvgIpc) is 2.72. The van der Waals surface area contributed by atoms with Gasteiger partial charge in [0.2, 0.25) is 0 Å². The second kappa shape index (κ2) is 5.61. The van der Waals surface area contributed by atoms with Crippen LogP contribution in [-0.2, 0) is 6.42 Å². The number of halogens is 1. The number of nitrogens with zero attached hydrogens (tertiary/aromatic N) is 2. The minimum Gasteiger partial charge on any atom is -0.374 e. The van der Waals surface area contributed by atoms with Crippen molar-refractivity contribution in [1.82, 2.24) is 4.37 Å². The largest absolute Gasteiger partial charge is 0.374 e. The summed E-state index contributed by atoms with van der Waals surface area (Å²) in [5.41, 5.74) is 1.98. The van der Waals surface area contributed by atoms with Crippen molar-refractivity contribution < 1.29 is 4.39 Å². The highest BCUT2D eigenvalue weighted by Gasteiger charge is 2.09. The van der Waals surface area contributed by atoms with Crippen molar-refractivity contribution in [2.75, 3.05) is 11.9 Å². The number of hydrogen-bond donors (Lipinski definition) is 1. The van der Waals surface area contributed by atoms with E-state index < -0.39 is 0 Å². The summed E-state index contributed by atoms with van der Waals surface area (Å²) in [7, 11) is 0. The molecular formula is C13H12FN3S. The van der Waals surface area contributed by atoms with Gasteiger partial charge in [0, 0.05) is 6.54 Å². The standard InChI is InChI=1S/C13H12FN3S/c1-9-11(8-15)13(18-17-9)16-7-6-10-4-2-3-5-12(10)14/h2-5,16H,6-7H2,1H3. The lowest BCUT2D eigenvalue weighted by Gasteiger charge is -2.05. The van der Waals surface area contributed by atoms with Crippen LogP contribution in [0.15, 0.2) is 24.3 Å². The molecule has 0 bridgehead atoms. The van der Waals surface area contributed by atoms with Crippen LogP contribution < -0.4 is 5.32 Å². The van der Waals surface area contributed by atoms with Gasteiger partial charge < -0.3 is 5.32 Å². The highest BCUT2D eigenvalue weighted by Crippen LogP contribution is 2.23. The lowest BCUT2D eigenvalue weighted by Crippen LogP contribution is -2.05. The van der Waals surface area contributed by atoms with Crippen LogP contribution in [0, 0.1) is 24.1 Å². The van der Waals surface area contributed by atoms with E-state index >= 15 is 0 Å². The molecule has 0 atom stereocenters. The Hall–Kier alpha value is -1.93. The van der Waals surface area contributed by atoms with Gasteiger partial charge in [-0.15, -0.1) is 0 Å². The highest BCUT2D eigenvalue weighted by atomic mass is 32.1. The number of nitrogens with one attached hydrogen (secondary N) is 1. The average molecular weight is 261 g/mol. The zero-order valence-electron chi connectivity index (χ0n) is 9.90. The molecule has 0 aliphatic rings. The van der Waals surface area contributed by atoms with Crippen LogP contribution in [0.1, 0.15) is 16.8 Å². The second-order valence-corrected chi connectivity index (χ2v) is 4.63. The van der Waals surface area contributed by atoms with E-state index in [1.807, 2.05) is 6.07 Å². The third kappa shape index (κ3) is 2.66. The van der Waals surface area contributed by atoms with E-state index in [2.05, 4.69) is 15.8 Å². The van der Waals surface area contributed by atoms with E-state index in [1.165, 1.54) is 17.6 Å². The van der Waals surface area contributed by atoms with Gasteiger partial charge in [0.25, 0.3) is 0 Å². The number of aryl methyl sites for hydroxylation is 1. The van der Waals surface area contributed by atoms with E-state index in [1.54, 1.807) is 19.1 Å². The Balaban J connectivity index is 1.97. The molecule has 0 unspecified atom stereocenters. The van der Waals surface area contributed by atoms with Crippen LogP contribution in [0.3, 0.4) is 0 Å². The zero-order chi connectivity index (χ0) is 13.0. The molecule has 0 aliphatic carbocycles. The van der Waals surface area contributed by atoms with Gasteiger partial charge in [-0.1, -0.05) is 18.2 Å². The molecule has 1 aromatic carbocycles. The molecule has 0 amide bonds. The van der Waals surface area contributed by atoms with Crippen LogP contribution in [-0.4, -0.2) is 10.9 Å². The fourth-order valence-corrected chi connectivity index (χ4v) is 2.40. The van der Waals surface area contributed by atoms with Crippen molar-refractivity contribution in [2.45, 2.75) is 13.3 Å². The first-order valence-electron chi connectivity index (χ1n) is 5.56. The van der Waals surface area contributed by atoms with Gasteiger partial charge in [-0.05, 0) is 36.5 Å². The molecule has 0 saturated carbocycles. The highest BCUT2D eigenvalue weighted by molar-refractivity contribution is 7.10. The molecule has 0 aliphatic heterocycles. The molecule has 5 heteroatoms. The number of anilines is 1. The summed E-state index contributed by atoms with van der Waals surface area (Å²) in [5.74, 6) is -0.194. The van der Waals surface area contributed by atoms with Gasteiger partial charge in [0.05, 0.1) is 5.69 Å². The minimum absolute atomic E-state index is 0.194. The Morgan fingerprint density at radius 3 is 2.94 bits per heavy atom. The lowest BCUT2D eigenvalue weighted by molar-refractivity contribution is 0.610. The molecule has 1 N–H and O–H groups in total. The fraction of sp³-hybridized carbons (Fsp3) is 0.231. The summed E-state index contributed by atoms with van der Waals surface area (Å²) >= 11 is 1.26. The monoisotopic (exact) mass is 261 g/mol. The molecule has 92 valence electrons. The van der Waals surface area contributed by atoms with Gasteiger partial charge in [-0.2, -0.15) is 9.64 Å². The van der Waals surface area contributed by atoms with Crippen LogP contribution in [0.5, 0.6) is 0 Å². The molecule has 2 aromatic rings. The molecule has 3 nitrogen and oxygen atoms in total. The van der Waals surface area contributed by atoms with Gasteiger partial charge in [-0.3, -0.25) is 0 Å². The summed E-state index contributed by atoms with van der Waals surface area (Å²) < 4.78 is 17.5. The lowest BCUT2D eigenvalue weighted by atomic mass is 10.1. The predicted molar refractivity (Wildman–Crippen MR) is 70.2 cm³/mol. The van der Waals surface area contributed by atoms with Crippen molar-refractivity contribution in [3.63, 3.8) is 0 Å². The van der Waals surface area contributed by atoms with Crippen molar-refractivity contribution in [3.8, 4) is 6.07 Å². The minimum atomic E-state index is -0.194. The Morgan fingerprint density at radius 1 is 1.44 bits per heavy atom. The summed E-state index contributed by atoms with van der Waals surface area (Å²) in [6.07, 6.45) is 0.578. The maximum atomic E-state index is 13.4. The van der Waals surface area contributed by atoms with E-state index in [0.717, 1.165) is 10.7 Å². The molecule has 2 rings (SSSR count). The fourth-order valence-electron chi connectivity index (χ4n) is 1.63. The van der Waals surface area contributed by atoms with Gasteiger partial charge in [0.15, 0.2) is 0 Å². The summed E-state index contributed by atoms with van der Waals surface area (Å²) in [6, 6.07) is 8.82. The van der Waals surface area contributed by atoms with E-state index in [4.69, 9.17) is 5.26 Å². The number of benzene rings is 1. The van der Waals surface area contributed by atoms with Gasteiger partial charge in [0.1, 0.15) is 22.5 Å². The first kappa shape index (κ1) is 12.5. The van der Waals surface area contributed by atoms with Crippen LogP contribution in [0.25, 0.3) is 0 Å². The number of aromatic nitrogens is 1. The molecule has 0 radical (unpaired) electrons. The normalized spacial score (nSPS) is 10.1. The van der Waals surface area contributed by atoms with E-state index in [9.17, 15) is 4.39 Å². The SMILES string of the molecule is Cc1nsc(NCCc2ccccc2F)c1C#N. The zero-order valence-corrected chi connectivity index (χ0v) is 10.7. The smallest absolute Gasteiger partial charge is 0.127 e. The Bertz CT molecular complexity index is 586. The maximum Gasteiger partial charge on any atom is 0.127 e. The molecular weight excluding hydrogens is 249 g/mol. The molecule has 0 saturated heterocycles. The van der Waals surface area contributed by atoms with Crippen molar-refractivity contribution in [3.05, 3.63) is 46.9 Å². The Kier molecular flexibility index (Phi) is 3.90. The van der Waals surface area contributed by atoms with Crippen molar-refractivity contribution in [2.24, 2.45) is 0 Å². The molecule has 1 aromatic heterocycles. The molecule has 0 spiro atoms. The second-order valence-electron chi connectivity index (χ2n) is 3.85. The van der Waals surface area contributed by atoms with Crippen LogP contribution >= 0.6 is 11.5 Å². The van der Waals surface area contributed by atoms with Crippen LogP contribution in [0.2, 0.25) is 0 Å². The maximum absolute atomic E-state index is 13.4. The topological polar surface area (TPSA) is 48.7 Å². The summed E-state index contributed by atoms with van der Waals surface area (Å²) in [6.45, 7) is 2.38. The van der Waals surface area contributed by atoms with Gasteiger partial charge in [-0.25, -0.2) is 4.39 Å².